The molecule has 0 saturated carbocycles. The molecule has 0 unspecified atom stereocenters. The predicted molar refractivity (Wildman–Crippen MR) is 85.6 cm³/mol. The second-order valence-corrected chi connectivity index (χ2v) is 5.19. The standard InChI is InChI=1S/C19H19N/c1-15(17-7-3-2-4-8-17)20-14-16-11-12-18-9-5-6-10-19(18)13-16/h2-13,15,20H,14H2,1H3/t15-/m1/s1. The van der Waals surface area contributed by atoms with Crippen LogP contribution in [0.15, 0.2) is 72.8 Å². The van der Waals surface area contributed by atoms with E-state index in [1.807, 2.05) is 0 Å². The molecule has 0 radical (unpaired) electrons. The number of hydrogen-bond acceptors (Lipinski definition) is 1. The average Bonchev–Trinajstić information content (AvgIpc) is 2.53. The van der Waals surface area contributed by atoms with Gasteiger partial charge in [-0.15, -0.1) is 0 Å². The van der Waals surface area contributed by atoms with Crippen LogP contribution >= 0.6 is 0 Å². The van der Waals surface area contributed by atoms with Crippen LogP contribution in [-0.4, -0.2) is 0 Å². The minimum Gasteiger partial charge on any atom is -0.306 e. The van der Waals surface area contributed by atoms with Gasteiger partial charge >= 0.3 is 0 Å². The van der Waals surface area contributed by atoms with Crippen molar-refractivity contribution < 1.29 is 0 Å². The molecule has 0 aliphatic rings. The van der Waals surface area contributed by atoms with Crippen LogP contribution in [0.4, 0.5) is 0 Å². The third-order valence-electron chi connectivity index (χ3n) is 3.73. The molecule has 0 bridgehead atoms. The van der Waals surface area contributed by atoms with E-state index in [2.05, 4.69) is 85.0 Å². The lowest BCUT2D eigenvalue weighted by molar-refractivity contribution is 0.575. The summed E-state index contributed by atoms with van der Waals surface area (Å²) in [6, 6.07) is 26.1. The van der Waals surface area contributed by atoms with Crippen molar-refractivity contribution in [3.8, 4) is 0 Å². The normalized spacial score (nSPS) is 12.4. The molecular weight excluding hydrogens is 242 g/mol. The Morgan fingerprint density at radius 1 is 0.800 bits per heavy atom. The Hall–Kier alpha value is -2.12. The fourth-order valence-electron chi connectivity index (χ4n) is 2.48. The minimum atomic E-state index is 0.364. The van der Waals surface area contributed by atoms with Gasteiger partial charge < -0.3 is 5.32 Å². The molecule has 1 atom stereocenters. The van der Waals surface area contributed by atoms with E-state index in [1.54, 1.807) is 0 Å². The molecule has 0 amide bonds. The third-order valence-corrected chi connectivity index (χ3v) is 3.73. The summed E-state index contributed by atoms with van der Waals surface area (Å²) in [5, 5.41) is 6.18. The second kappa shape index (κ2) is 5.89. The van der Waals surface area contributed by atoms with E-state index in [4.69, 9.17) is 0 Å². The number of fused-ring (bicyclic) bond motifs is 1. The monoisotopic (exact) mass is 261 g/mol. The fraction of sp³-hybridized carbons (Fsp3) is 0.158. The Labute approximate surface area is 120 Å². The molecular formula is C19H19N. The quantitative estimate of drug-likeness (QED) is 0.718. The molecule has 1 nitrogen and oxygen atoms in total. The maximum atomic E-state index is 3.58. The first-order chi connectivity index (χ1) is 9.83. The Morgan fingerprint density at radius 3 is 2.30 bits per heavy atom. The summed E-state index contributed by atoms with van der Waals surface area (Å²) in [7, 11) is 0. The van der Waals surface area contributed by atoms with Gasteiger partial charge in [0.2, 0.25) is 0 Å². The molecule has 0 fully saturated rings. The summed E-state index contributed by atoms with van der Waals surface area (Å²) in [4.78, 5) is 0. The van der Waals surface area contributed by atoms with Gasteiger partial charge in [0.1, 0.15) is 0 Å². The highest BCUT2D eigenvalue weighted by atomic mass is 14.9. The van der Waals surface area contributed by atoms with Crippen LogP contribution in [0.5, 0.6) is 0 Å². The summed E-state index contributed by atoms with van der Waals surface area (Å²) >= 11 is 0. The van der Waals surface area contributed by atoms with E-state index >= 15 is 0 Å². The maximum Gasteiger partial charge on any atom is 0.0294 e. The molecule has 3 aromatic rings. The highest BCUT2D eigenvalue weighted by Crippen LogP contribution is 2.17. The van der Waals surface area contributed by atoms with Gasteiger partial charge in [0.15, 0.2) is 0 Å². The topological polar surface area (TPSA) is 12.0 Å². The van der Waals surface area contributed by atoms with E-state index < -0.39 is 0 Å². The summed E-state index contributed by atoms with van der Waals surface area (Å²) in [6.45, 7) is 3.09. The molecule has 0 aromatic heterocycles. The van der Waals surface area contributed by atoms with Gasteiger partial charge in [-0.05, 0) is 34.9 Å². The minimum absolute atomic E-state index is 0.364. The van der Waals surface area contributed by atoms with E-state index in [0.717, 1.165) is 6.54 Å². The van der Waals surface area contributed by atoms with Crippen LogP contribution in [0.2, 0.25) is 0 Å². The molecule has 0 saturated heterocycles. The lowest BCUT2D eigenvalue weighted by Crippen LogP contribution is -2.17. The first-order valence-electron chi connectivity index (χ1n) is 7.09. The van der Waals surface area contributed by atoms with Crippen molar-refractivity contribution in [3.63, 3.8) is 0 Å². The second-order valence-electron chi connectivity index (χ2n) is 5.19. The maximum absolute atomic E-state index is 3.58. The molecule has 0 spiro atoms. The van der Waals surface area contributed by atoms with Gasteiger partial charge in [-0.2, -0.15) is 0 Å². The lowest BCUT2D eigenvalue weighted by Gasteiger charge is -2.14. The molecule has 3 rings (SSSR count). The summed E-state index contributed by atoms with van der Waals surface area (Å²) in [5.74, 6) is 0. The molecule has 1 N–H and O–H groups in total. The summed E-state index contributed by atoms with van der Waals surface area (Å²) in [6.07, 6.45) is 0. The van der Waals surface area contributed by atoms with Crippen molar-refractivity contribution in [1.29, 1.82) is 0 Å². The van der Waals surface area contributed by atoms with Gasteiger partial charge in [-0.1, -0.05) is 66.7 Å². The van der Waals surface area contributed by atoms with E-state index in [1.165, 1.54) is 21.9 Å². The predicted octanol–water partition coefficient (Wildman–Crippen LogP) is 4.69. The molecule has 3 aromatic carbocycles. The van der Waals surface area contributed by atoms with Crippen molar-refractivity contribution in [2.24, 2.45) is 0 Å². The number of nitrogens with one attached hydrogen (secondary N) is 1. The van der Waals surface area contributed by atoms with Crippen LogP contribution in [0.3, 0.4) is 0 Å². The van der Waals surface area contributed by atoms with Crippen molar-refractivity contribution in [1.82, 2.24) is 5.32 Å². The van der Waals surface area contributed by atoms with Crippen molar-refractivity contribution >= 4 is 10.8 Å². The van der Waals surface area contributed by atoms with Crippen molar-refractivity contribution in [2.75, 3.05) is 0 Å². The van der Waals surface area contributed by atoms with Gasteiger partial charge in [0.05, 0.1) is 0 Å². The third kappa shape index (κ3) is 2.89. The van der Waals surface area contributed by atoms with Crippen molar-refractivity contribution in [3.05, 3.63) is 83.9 Å². The highest BCUT2D eigenvalue weighted by molar-refractivity contribution is 5.82. The Bertz CT molecular complexity index is 688. The van der Waals surface area contributed by atoms with Gasteiger partial charge in [-0.3, -0.25) is 0 Å². The number of benzene rings is 3. The molecule has 0 aliphatic carbocycles. The van der Waals surface area contributed by atoms with E-state index in [9.17, 15) is 0 Å². The molecule has 0 aliphatic heterocycles. The SMILES string of the molecule is C[C@@H](NCc1ccc2ccccc2c1)c1ccccc1. The van der Waals surface area contributed by atoms with Crippen LogP contribution in [0, 0.1) is 0 Å². The lowest BCUT2D eigenvalue weighted by atomic mass is 10.1. The number of rotatable bonds is 4. The highest BCUT2D eigenvalue weighted by Gasteiger charge is 2.04. The zero-order valence-electron chi connectivity index (χ0n) is 11.7. The molecule has 100 valence electrons. The summed E-state index contributed by atoms with van der Waals surface area (Å²) in [5.41, 5.74) is 2.65. The zero-order valence-corrected chi connectivity index (χ0v) is 11.7. The van der Waals surface area contributed by atoms with E-state index in [0.29, 0.717) is 6.04 Å². The number of hydrogen-bond donors (Lipinski definition) is 1. The average molecular weight is 261 g/mol. The van der Waals surface area contributed by atoms with Gasteiger partial charge in [0.25, 0.3) is 0 Å². The zero-order chi connectivity index (χ0) is 13.8. The smallest absolute Gasteiger partial charge is 0.0294 e. The summed E-state index contributed by atoms with van der Waals surface area (Å²) < 4.78 is 0. The Balaban J connectivity index is 1.70. The van der Waals surface area contributed by atoms with Crippen LogP contribution < -0.4 is 5.32 Å². The molecule has 0 heterocycles. The van der Waals surface area contributed by atoms with Crippen LogP contribution in [0.1, 0.15) is 24.1 Å². The van der Waals surface area contributed by atoms with E-state index in [-0.39, 0.29) is 0 Å². The largest absolute Gasteiger partial charge is 0.306 e. The fourth-order valence-corrected chi connectivity index (χ4v) is 2.48. The van der Waals surface area contributed by atoms with Crippen molar-refractivity contribution in [2.45, 2.75) is 19.5 Å². The van der Waals surface area contributed by atoms with Crippen LogP contribution in [0.25, 0.3) is 10.8 Å². The molecule has 20 heavy (non-hydrogen) atoms. The van der Waals surface area contributed by atoms with Crippen LogP contribution in [-0.2, 0) is 6.54 Å². The Morgan fingerprint density at radius 2 is 1.50 bits per heavy atom. The molecule has 1 heteroatoms. The first kappa shape index (κ1) is 12.9. The first-order valence-corrected chi connectivity index (χ1v) is 7.09. The van der Waals surface area contributed by atoms with Gasteiger partial charge in [-0.25, -0.2) is 0 Å². The van der Waals surface area contributed by atoms with Gasteiger partial charge in [0, 0.05) is 12.6 Å². The Kier molecular flexibility index (Phi) is 3.80.